The Kier molecular flexibility index (Phi) is 3.54. The first-order valence-corrected chi connectivity index (χ1v) is 7.10. The predicted octanol–water partition coefficient (Wildman–Crippen LogP) is 4.49. The molecule has 0 heterocycles. The van der Waals surface area contributed by atoms with Gasteiger partial charge in [0.15, 0.2) is 0 Å². The summed E-state index contributed by atoms with van der Waals surface area (Å²) in [6.45, 7) is 2.91. The van der Waals surface area contributed by atoms with Crippen molar-refractivity contribution in [2.45, 2.75) is 32.1 Å². The van der Waals surface area contributed by atoms with Gasteiger partial charge in [-0.25, -0.2) is 0 Å². The van der Waals surface area contributed by atoms with E-state index in [9.17, 15) is 0 Å². The van der Waals surface area contributed by atoms with Crippen LogP contribution in [0.4, 0.5) is 0 Å². The minimum absolute atomic E-state index is 0.681. The minimum Gasteiger partial charge on any atom is -0.494 e. The van der Waals surface area contributed by atoms with Crippen LogP contribution in [0.15, 0.2) is 48.5 Å². The van der Waals surface area contributed by atoms with E-state index in [1.54, 1.807) is 0 Å². The van der Waals surface area contributed by atoms with Crippen LogP contribution in [0.1, 0.15) is 35.4 Å². The largest absolute Gasteiger partial charge is 0.494 e. The van der Waals surface area contributed by atoms with E-state index >= 15 is 0 Å². The fourth-order valence-corrected chi connectivity index (χ4v) is 2.97. The van der Waals surface area contributed by atoms with Gasteiger partial charge in [0.05, 0.1) is 6.61 Å². The van der Waals surface area contributed by atoms with Crippen molar-refractivity contribution in [2.24, 2.45) is 0 Å². The number of hydrogen-bond acceptors (Lipinski definition) is 1. The van der Waals surface area contributed by atoms with Gasteiger partial charge in [0.2, 0.25) is 0 Å². The van der Waals surface area contributed by atoms with Gasteiger partial charge in [-0.1, -0.05) is 36.4 Å². The molecule has 0 bridgehead atoms. The maximum Gasteiger partial charge on any atom is 0.119 e. The van der Waals surface area contributed by atoms with Gasteiger partial charge in [-0.2, -0.15) is 0 Å². The molecule has 1 atom stereocenters. The molecule has 1 aliphatic rings. The van der Waals surface area contributed by atoms with E-state index in [2.05, 4.69) is 49.4 Å². The zero-order chi connectivity index (χ0) is 13.1. The lowest BCUT2D eigenvalue weighted by Gasteiger charge is -2.12. The van der Waals surface area contributed by atoms with Crippen LogP contribution < -0.4 is 4.74 Å². The van der Waals surface area contributed by atoms with Crippen LogP contribution in [-0.4, -0.2) is 6.61 Å². The van der Waals surface area contributed by atoms with Crippen molar-refractivity contribution >= 4 is 0 Å². The molecule has 1 unspecified atom stereocenters. The number of fused-ring (bicyclic) bond motifs is 1. The van der Waals surface area contributed by atoms with Gasteiger partial charge < -0.3 is 4.74 Å². The first kappa shape index (κ1) is 12.3. The molecule has 0 fully saturated rings. The number of hydrogen-bond donors (Lipinski definition) is 0. The predicted molar refractivity (Wildman–Crippen MR) is 78.8 cm³/mol. The van der Waals surface area contributed by atoms with Crippen LogP contribution in [0.5, 0.6) is 5.75 Å². The van der Waals surface area contributed by atoms with Crippen LogP contribution in [0.2, 0.25) is 0 Å². The van der Waals surface area contributed by atoms with Crippen LogP contribution in [0.3, 0.4) is 0 Å². The fourth-order valence-electron chi connectivity index (χ4n) is 2.97. The molecule has 1 aliphatic carbocycles. The fraction of sp³-hybridized carbons (Fsp3) is 0.333. The summed E-state index contributed by atoms with van der Waals surface area (Å²) in [5, 5.41) is 0. The van der Waals surface area contributed by atoms with E-state index < -0.39 is 0 Å². The summed E-state index contributed by atoms with van der Waals surface area (Å²) in [6, 6.07) is 17.1. The molecule has 2 aromatic rings. The molecular formula is C18H20O. The molecule has 98 valence electrons. The quantitative estimate of drug-likeness (QED) is 0.778. The van der Waals surface area contributed by atoms with Gasteiger partial charge >= 0.3 is 0 Å². The maximum atomic E-state index is 5.86. The highest BCUT2D eigenvalue weighted by atomic mass is 16.5. The van der Waals surface area contributed by atoms with Crippen molar-refractivity contribution < 1.29 is 4.74 Å². The van der Waals surface area contributed by atoms with Crippen molar-refractivity contribution in [1.82, 2.24) is 0 Å². The van der Waals surface area contributed by atoms with E-state index in [0.717, 1.165) is 18.8 Å². The molecule has 0 N–H and O–H groups in total. The van der Waals surface area contributed by atoms with E-state index in [1.807, 2.05) is 6.07 Å². The molecule has 0 aromatic heterocycles. The van der Waals surface area contributed by atoms with E-state index in [0.29, 0.717) is 5.92 Å². The smallest absolute Gasteiger partial charge is 0.119 e. The Balaban J connectivity index is 1.57. The molecule has 0 spiro atoms. The van der Waals surface area contributed by atoms with Crippen molar-refractivity contribution in [1.29, 1.82) is 0 Å². The molecule has 19 heavy (non-hydrogen) atoms. The highest BCUT2D eigenvalue weighted by Crippen LogP contribution is 2.35. The lowest BCUT2D eigenvalue weighted by Crippen LogP contribution is -2.03. The summed E-state index contributed by atoms with van der Waals surface area (Å²) in [6.07, 6.45) is 3.62. The molecule has 0 saturated carbocycles. The zero-order valence-corrected chi connectivity index (χ0v) is 11.4. The Bertz CT molecular complexity index is 559. The average Bonchev–Trinajstić information content (AvgIpc) is 2.83. The number of rotatable bonds is 4. The molecule has 2 aromatic carbocycles. The van der Waals surface area contributed by atoms with Gasteiger partial charge in [0.1, 0.15) is 5.75 Å². The van der Waals surface area contributed by atoms with Crippen LogP contribution in [0, 0.1) is 6.92 Å². The van der Waals surface area contributed by atoms with Crippen LogP contribution in [-0.2, 0) is 6.42 Å². The second kappa shape index (κ2) is 5.48. The second-order valence-corrected chi connectivity index (χ2v) is 5.39. The lowest BCUT2D eigenvalue weighted by atomic mass is 9.98. The van der Waals surface area contributed by atoms with Gasteiger partial charge in [-0.05, 0) is 60.9 Å². The molecule has 0 amide bonds. The summed E-state index contributed by atoms with van der Waals surface area (Å²) in [5.41, 5.74) is 4.32. The number of aryl methyl sites for hydroxylation is 2. The van der Waals surface area contributed by atoms with E-state index in [-0.39, 0.29) is 0 Å². The summed E-state index contributed by atoms with van der Waals surface area (Å²) < 4.78 is 5.86. The first-order chi connectivity index (χ1) is 9.33. The lowest BCUT2D eigenvalue weighted by molar-refractivity contribution is 0.297. The standard InChI is InChI=1S/C18H20O/c1-14-5-4-7-17(13-14)19-12-11-16-10-9-15-6-2-3-8-18(15)16/h2-8,13,16H,9-12H2,1H3. The van der Waals surface area contributed by atoms with Crippen molar-refractivity contribution in [2.75, 3.05) is 6.61 Å². The third kappa shape index (κ3) is 2.81. The Morgan fingerprint density at radius 2 is 2.00 bits per heavy atom. The Morgan fingerprint density at radius 3 is 2.89 bits per heavy atom. The second-order valence-electron chi connectivity index (χ2n) is 5.39. The highest BCUT2D eigenvalue weighted by Gasteiger charge is 2.21. The Hall–Kier alpha value is -1.76. The Labute approximate surface area is 115 Å². The zero-order valence-electron chi connectivity index (χ0n) is 11.4. The molecule has 3 rings (SSSR count). The number of benzene rings is 2. The normalized spacial score (nSPS) is 17.2. The molecular weight excluding hydrogens is 232 g/mol. The third-order valence-electron chi connectivity index (χ3n) is 3.98. The molecule has 0 aliphatic heterocycles. The summed E-state index contributed by atoms with van der Waals surface area (Å²) in [4.78, 5) is 0. The van der Waals surface area contributed by atoms with Crippen molar-refractivity contribution in [3.8, 4) is 5.75 Å². The van der Waals surface area contributed by atoms with Gasteiger partial charge in [-0.15, -0.1) is 0 Å². The monoisotopic (exact) mass is 252 g/mol. The highest BCUT2D eigenvalue weighted by molar-refractivity contribution is 5.34. The van der Waals surface area contributed by atoms with Crippen LogP contribution in [0.25, 0.3) is 0 Å². The average molecular weight is 252 g/mol. The summed E-state index contributed by atoms with van der Waals surface area (Å²) >= 11 is 0. The topological polar surface area (TPSA) is 9.23 Å². The van der Waals surface area contributed by atoms with Gasteiger partial charge in [0, 0.05) is 0 Å². The molecule has 0 radical (unpaired) electrons. The minimum atomic E-state index is 0.681. The molecule has 0 saturated heterocycles. The first-order valence-electron chi connectivity index (χ1n) is 7.10. The van der Waals surface area contributed by atoms with Crippen molar-refractivity contribution in [3.05, 3.63) is 65.2 Å². The third-order valence-corrected chi connectivity index (χ3v) is 3.98. The van der Waals surface area contributed by atoms with E-state index in [1.165, 1.54) is 29.5 Å². The van der Waals surface area contributed by atoms with Crippen LogP contribution >= 0.6 is 0 Å². The van der Waals surface area contributed by atoms with E-state index in [4.69, 9.17) is 4.74 Å². The summed E-state index contributed by atoms with van der Waals surface area (Å²) in [5.74, 6) is 1.67. The van der Waals surface area contributed by atoms with Gasteiger partial charge in [0.25, 0.3) is 0 Å². The maximum absolute atomic E-state index is 5.86. The SMILES string of the molecule is Cc1cccc(OCCC2CCc3ccccc32)c1. The van der Waals surface area contributed by atoms with Crippen molar-refractivity contribution in [3.63, 3.8) is 0 Å². The van der Waals surface area contributed by atoms with Gasteiger partial charge in [-0.3, -0.25) is 0 Å². The summed E-state index contributed by atoms with van der Waals surface area (Å²) in [7, 11) is 0. The molecule has 1 nitrogen and oxygen atoms in total. The Morgan fingerprint density at radius 1 is 1.11 bits per heavy atom. The molecule has 1 heteroatoms. The number of ether oxygens (including phenoxy) is 1.